The highest BCUT2D eigenvalue weighted by molar-refractivity contribution is 7.90. The van der Waals surface area contributed by atoms with E-state index < -0.39 is 21.9 Å². The van der Waals surface area contributed by atoms with E-state index in [1.54, 1.807) is 6.92 Å². The highest BCUT2D eigenvalue weighted by atomic mass is 35.5. The Kier molecular flexibility index (Phi) is 3.99. The molecule has 8 heteroatoms. The first-order chi connectivity index (χ1) is 9.62. The van der Waals surface area contributed by atoms with Crippen molar-refractivity contribution in [3.05, 3.63) is 27.8 Å². The van der Waals surface area contributed by atoms with Gasteiger partial charge in [-0.15, -0.1) is 0 Å². The first-order valence-corrected chi connectivity index (χ1v) is 8.35. The van der Waals surface area contributed by atoms with Crippen molar-refractivity contribution >= 4 is 33.1 Å². The molecule has 1 aromatic rings. The Hall–Kier alpha value is -1.60. The quantitative estimate of drug-likeness (QED) is 0.918. The molecule has 0 amide bonds. The van der Waals surface area contributed by atoms with Crippen LogP contribution in [0.15, 0.2) is 16.1 Å². The van der Waals surface area contributed by atoms with Crippen molar-refractivity contribution in [2.24, 2.45) is 5.16 Å². The van der Waals surface area contributed by atoms with E-state index in [2.05, 4.69) is 5.16 Å². The van der Waals surface area contributed by atoms with Crippen molar-refractivity contribution in [2.75, 3.05) is 6.26 Å². The van der Waals surface area contributed by atoms with Gasteiger partial charge in [0.1, 0.15) is 0 Å². The van der Waals surface area contributed by atoms with Crippen LogP contribution in [0.2, 0.25) is 5.02 Å². The number of carboxylic acid groups (broad SMARTS) is 1. The summed E-state index contributed by atoms with van der Waals surface area (Å²) in [6.07, 6.45) is 0.725. The maximum Gasteiger partial charge on any atom is 0.337 e. The zero-order chi connectivity index (χ0) is 15.9. The molecule has 1 aliphatic rings. The molecular formula is C13H14ClNO5S. The van der Waals surface area contributed by atoms with Gasteiger partial charge in [-0.05, 0) is 25.5 Å². The average molecular weight is 332 g/mol. The number of benzene rings is 1. The van der Waals surface area contributed by atoms with Gasteiger partial charge in [0.05, 0.1) is 21.2 Å². The van der Waals surface area contributed by atoms with Gasteiger partial charge in [-0.1, -0.05) is 16.8 Å². The molecule has 1 heterocycles. The number of hydrogen-bond acceptors (Lipinski definition) is 5. The Morgan fingerprint density at radius 1 is 1.48 bits per heavy atom. The Morgan fingerprint density at radius 3 is 2.52 bits per heavy atom. The molecule has 2 rings (SSSR count). The molecule has 0 fully saturated rings. The lowest BCUT2D eigenvalue weighted by molar-refractivity contribution is 0.0694. The molecule has 0 radical (unpaired) electrons. The largest absolute Gasteiger partial charge is 0.478 e. The minimum absolute atomic E-state index is 0.00685. The van der Waals surface area contributed by atoms with Crippen LogP contribution in [0.4, 0.5) is 0 Å². The van der Waals surface area contributed by atoms with Gasteiger partial charge in [-0.25, -0.2) is 13.2 Å². The van der Waals surface area contributed by atoms with Crippen LogP contribution in [0, 0.1) is 6.92 Å². The number of rotatable bonds is 3. The van der Waals surface area contributed by atoms with E-state index in [0.29, 0.717) is 17.7 Å². The van der Waals surface area contributed by atoms with E-state index in [4.69, 9.17) is 16.4 Å². The van der Waals surface area contributed by atoms with E-state index in [0.717, 1.165) is 6.26 Å². The molecule has 1 N–H and O–H groups in total. The summed E-state index contributed by atoms with van der Waals surface area (Å²) in [5, 5.41) is 12.9. The van der Waals surface area contributed by atoms with Crippen LogP contribution in [0.5, 0.6) is 0 Å². The van der Waals surface area contributed by atoms with Crippen LogP contribution in [-0.2, 0) is 14.7 Å². The molecule has 1 unspecified atom stereocenters. The third kappa shape index (κ3) is 2.89. The monoisotopic (exact) mass is 331 g/mol. The summed E-state index contributed by atoms with van der Waals surface area (Å²) in [5.41, 5.74) is 1.03. The number of hydrogen-bond donors (Lipinski definition) is 1. The number of carbonyl (C=O) groups is 1. The summed E-state index contributed by atoms with van der Waals surface area (Å²) in [5.74, 6) is -1.22. The topological polar surface area (TPSA) is 93.0 Å². The summed E-state index contributed by atoms with van der Waals surface area (Å²) in [6, 6.07) is 1.26. The fourth-order valence-corrected chi connectivity index (χ4v) is 4.07. The van der Waals surface area contributed by atoms with Crippen molar-refractivity contribution in [3.8, 4) is 0 Å². The molecule has 0 saturated heterocycles. The number of aryl methyl sites for hydroxylation is 1. The van der Waals surface area contributed by atoms with Crippen LogP contribution >= 0.6 is 11.6 Å². The molecule has 6 nitrogen and oxygen atoms in total. The first kappa shape index (κ1) is 15.8. The number of oxime groups is 1. The number of nitrogens with zero attached hydrogens (tertiary/aromatic N) is 1. The fourth-order valence-electron chi connectivity index (χ4n) is 2.39. The van der Waals surface area contributed by atoms with Crippen LogP contribution in [0.3, 0.4) is 0 Å². The van der Waals surface area contributed by atoms with Crippen molar-refractivity contribution in [1.82, 2.24) is 0 Å². The van der Waals surface area contributed by atoms with E-state index in [1.807, 2.05) is 0 Å². The summed E-state index contributed by atoms with van der Waals surface area (Å²) in [7, 11) is -3.59. The molecule has 0 saturated carbocycles. The lowest BCUT2D eigenvalue weighted by Gasteiger charge is -2.18. The van der Waals surface area contributed by atoms with Crippen LogP contribution < -0.4 is 0 Å². The second kappa shape index (κ2) is 5.31. The lowest BCUT2D eigenvalue weighted by Crippen LogP contribution is -2.13. The lowest BCUT2D eigenvalue weighted by atomic mass is 9.99. The summed E-state index contributed by atoms with van der Waals surface area (Å²) in [6.45, 7) is 3.27. The highest BCUT2D eigenvalue weighted by Gasteiger charge is 2.32. The standard InChI is InChI=1S/C13H14ClNO5S/c1-6-4-8(13(16)17)11(14)10(12(6)21(3,18)19)9-5-7(2)15-20-9/h4,9H,5H2,1-3H3,(H,16,17). The van der Waals surface area contributed by atoms with Crippen molar-refractivity contribution < 1.29 is 23.2 Å². The van der Waals surface area contributed by atoms with Crippen molar-refractivity contribution in [3.63, 3.8) is 0 Å². The Labute approximate surface area is 127 Å². The van der Waals surface area contributed by atoms with E-state index in [-0.39, 0.29) is 21.0 Å². The molecule has 114 valence electrons. The van der Waals surface area contributed by atoms with Crippen molar-refractivity contribution in [2.45, 2.75) is 31.3 Å². The third-order valence-corrected chi connectivity index (χ3v) is 4.87. The minimum atomic E-state index is -3.59. The van der Waals surface area contributed by atoms with Gasteiger partial charge in [0.2, 0.25) is 0 Å². The number of sulfone groups is 1. The van der Waals surface area contributed by atoms with E-state index in [9.17, 15) is 18.3 Å². The smallest absolute Gasteiger partial charge is 0.337 e. The van der Waals surface area contributed by atoms with Gasteiger partial charge >= 0.3 is 5.97 Å². The van der Waals surface area contributed by atoms with Crippen LogP contribution in [0.1, 0.15) is 40.9 Å². The Bertz CT molecular complexity index is 754. The minimum Gasteiger partial charge on any atom is -0.478 e. The molecule has 21 heavy (non-hydrogen) atoms. The van der Waals surface area contributed by atoms with Crippen LogP contribution in [0.25, 0.3) is 0 Å². The second-order valence-corrected chi connectivity index (χ2v) is 7.33. The second-order valence-electron chi connectivity index (χ2n) is 5.00. The van der Waals surface area contributed by atoms with E-state index >= 15 is 0 Å². The predicted octanol–water partition coefficient (Wildman–Crippen LogP) is 2.59. The number of aromatic carboxylic acids is 1. The molecule has 0 aromatic heterocycles. The van der Waals surface area contributed by atoms with Gasteiger partial charge < -0.3 is 9.94 Å². The van der Waals surface area contributed by atoms with Crippen molar-refractivity contribution in [1.29, 1.82) is 0 Å². The van der Waals surface area contributed by atoms with Crippen LogP contribution in [-0.4, -0.2) is 31.5 Å². The fraction of sp³-hybridized carbons (Fsp3) is 0.385. The number of halogens is 1. The molecule has 0 spiro atoms. The summed E-state index contributed by atoms with van der Waals surface area (Å²) >= 11 is 6.14. The summed E-state index contributed by atoms with van der Waals surface area (Å²) < 4.78 is 24.1. The van der Waals surface area contributed by atoms with Gasteiger partial charge in [0.25, 0.3) is 0 Å². The van der Waals surface area contributed by atoms with Gasteiger partial charge in [-0.3, -0.25) is 0 Å². The molecule has 0 aliphatic carbocycles. The average Bonchev–Trinajstić information content (AvgIpc) is 2.75. The molecule has 1 aromatic carbocycles. The Morgan fingerprint density at radius 2 is 2.10 bits per heavy atom. The maximum atomic E-state index is 12.0. The zero-order valence-corrected chi connectivity index (χ0v) is 13.2. The van der Waals surface area contributed by atoms with Gasteiger partial charge in [0.15, 0.2) is 15.9 Å². The first-order valence-electron chi connectivity index (χ1n) is 6.08. The molecule has 1 aliphatic heterocycles. The molecule has 0 bridgehead atoms. The predicted molar refractivity (Wildman–Crippen MR) is 77.8 cm³/mol. The maximum absolute atomic E-state index is 12.0. The Balaban J connectivity index is 2.77. The van der Waals surface area contributed by atoms with E-state index in [1.165, 1.54) is 13.0 Å². The van der Waals surface area contributed by atoms with Gasteiger partial charge in [-0.2, -0.15) is 0 Å². The van der Waals surface area contributed by atoms with Gasteiger partial charge in [0, 0.05) is 18.2 Å². The number of carboxylic acids is 1. The molecule has 1 atom stereocenters. The zero-order valence-electron chi connectivity index (χ0n) is 11.7. The highest BCUT2D eigenvalue weighted by Crippen LogP contribution is 2.40. The molecular weight excluding hydrogens is 318 g/mol. The summed E-state index contributed by atoms with van der Waals surface area (Å²) in [4.78, 5) is 16.5. The third-order valence-electron chi connectivity index (χ3n) is 3.18. The normalized spacial score (nSPS) is 18.3. The SMILES string of the molecule is CC1=NOC(c2c(Cl)c(C(=O)O)cc(C)c2S(C)(=O)=O)C1.